The molecule has 17 heavy (non-hydrogen) atoms. The van der Waals surface area contributed by atoms with Gasteiger partial charge >= 0.3 is 0 Å². The zero-order valence-electron chi connectivity index (χ0n) is 10.7. The van der Waals surface area contributed by atoms with Crippen LogP contribution in [-0.2, 0) is 0 Å². The van der Waals surface area contributed by atoms with Crippen molar-refractivity contribution in [2.24, 2.45) is 0 Å². The Labute approximate surface area is 102 Å². The lowest BCUT2D eigenvalue weighted by Gasteiger charge is -2.30. The second-order valence-electron chi connectivity index (χ2n) is 4.52. The molecular formula is C12H20N4O. The minimum atomic E-state index is 0.462. The Hall–Kier alpha value is -1.52. The van der Waals surface area contributed by atoms with Gasteiger partial charge in [0.25, 0.3) is 0 Å². The van der Waals surface area contributed by atoms with Crippen LogP contribution in [0.2, 0.25) is 0 Å². The monoisotopic (exact) mass is 236 g/mol. The Morgan fingerprint density at radius 3 is 2.88 bits per heavy atom. The average Bonchev–Trinajstić information content (AvgIpc) is 2.71. The van der Waals surface area contributed by atoms with Gasteiger partial charge in [-0.05, 0) is 26.2 Å². The fourth-order valence-electron chi connectivity index (χ4n) is 2.59. The zero-order chi connectivity index (χ0) is 12.4. The first kappa shape index (κ1) is 12.0. The molecule has 0 radical (unpaired) electrons. The third kappa shape index (κ3) is 2.01. The summed E-state index contributed by atoms with van der Waals surface area (Å²) < 4.78 is 5.15. The summed E-state index contributed by atoms with van der Waals surface area (Å²) in [5.74, 6) is 1.28. The zero-order valence-corrected chi connectivity index (χ0v) is 10.7. The number of hydrogen-bond acceptors (Lipinski definition) is 5. The molecular weight excluding hydrogens is 216 g/mol. The maximum atomic E-state index is 6.06. The molecule has 94 valence electrons. The van der Waals surface area contributed by atoms with Crippen molar-refractivity contribution in [3.8, 4) is 5.88 Å². The number of aromatic nitrogens is 2. The Bertz CT molecular complexity index is 396. The predicted molar refractivity (Wildman–Crippen MR) is 68.3 cm³/mol. The quantitative estimate of drug-likeness (QED) is 0.867. The van der Waals surface area contributed by atoms with Crippen molar-refractivity contribution in [3.05, 3.63) is 6.33 Å². The Morgan fingerprint density at radius 2 is 2.24 bits per heavy atom. The molecule has 2 N–H and O–H groups in total. The van der Waals surface area contributed by atoms with E-state index < -0.39 is 0 Å². The lowest BCUT2D eigenvalue weighted by Crippen LogP contribution is -2.35. The summed E-state index contributed by atoms with van der Waals surface area (Å²) in [7, 11) is 1.58. The van der Waals surface area contributed by atoms with Gasteiger partial charge in [-0.1, -0.05) is 6.92 Å². The van der Waals surface area contributed by atoms with Crippen LogP contribution in [0, 0.1) is 0 Å². The Morgan fingerprint density at radius 1 is 1.47 bits per heavy atom. The molecule has 1 fully saturated rings. The molecule has 0 saturated carbocycles. The van der Waals surface area contributed by atoms with E-state index in [2.05, 4.69) is 28.7 Å². The number of methoxy groups -OCH3 is 1. The highest BCUT2D eigenvalue weighted by atomic mass is 16.5. The summed E-state index contributed by atoms with van der Waals surface area (Å²) in [6.07, 6.45) is 5.01. The van der Waals surface area contributed by atoms with Crippen LogP contribution in [0.3, 0.4) is 0 Å². The van der Waals surface area contributed by atoms with Crippen LogP contribution in [0.5, 0.6) is 5.88 Å². The van der Waals surface area contributed by atoms with Gasteiger partial charge in [0.2, 0.25) is 5.88 Å². The summed E-state index contributed by atoms with van der Waals surface area (Å²) in [6, 6.07) is 0.994. The van der Waals surface area contributed by atoms with Crippen molar-refractivity contribution in [2.75, 3.05) is 17.7 Å². The molecule has 0 aliphatic carbocycles. The Kier molecular flexibility index (Phi) is 3.36. The highest BCUT2D eigenvalue weighted by Gasteiger charge is 2.32. The summed E-state index contributed by atoms with van der Waals surface area (Å²) in [6.45, 7) is 4.41. The summed E-state index contributed by atoms with van der Waals surface area (Å²) in [4.78, 5) is 10.7. The largest absolute Gasteiger partial charge is 0.479 e. The Balaban J connectivity index is 2.38. The normalized spacial score (nSPS) is 24.1. The van der Waals surface area contributed by atoms with Gasteiger partial charge in [0, 0.05) is 12.1 Å². The lowest BCUT2D eigenvalue weighted by molar-refractivity contribution is 0.399. The van der Waals surface area contributed by atoms with E-state index in [1.165, 1.54) is 19.2 Å². The van der Waals surface area contributed by atoms with Gasteiger partial charge in [0.05, 0.1) is 7.11 Å². The molecule has 0 aromatic carbocycles. The van der Waals surface area contributed by atoms with Crippen molar-refractivity contribution in [3.63, 3.8) is 0 Å². The van der Waals surface area contributed by atoms with Crippen molar-refractivity contribution >= 4 is 11.5 Å². The number of ether oxygens (including phenoxy) is 1. The van der Waals surface area contributed by atoms with E-state index in [1.54, 1.807) is 7.11 Å². The van der Waals surface area contributed by atoms with Crippen LogP contribution in [0.25, 0.3) is 0 Å². The van der Waals surface area contributed by atoms with Crippen molar-refractivity contribution in [1.82, 2.24) is 9.97 Å². The van der Waals surface area contributed by atoms with Gasteiger partial charge in [-0.2, -0.15) is 4.98 Å². The minimum Gasteiger partial charge on any atom is -0.479 e. The molecule has 2 heterocycles. The highest BCUT2D eigenvalue weighted by Crippen LogP contribution is 2.36. The highest BCUT2D eigenvalue weighted by molar-refractivity contribution is 5.68. The number of anilines is 2. The van der Waals surface area contributed by atoms with Gasteiger partial charge in [-0.15, -0.1) is 0 Å². The number of hydrogen-bond donors (Lipinski definition) is 1. The summed E-state index contributed by atoms with van der Waals surface area (Å²) in [5, 5.41) is 0. The van der Waals surface area contributed by atoms with E-state index >= 15 is 0 Å². The van der Waals surface area contributed by atoms with Crippen molar-refractivity contribution in [2.45, 2.75) is 45.2 Å². The standard InChI is InChI=1S/C12H20N4O/c1-4-9-6-5-8(2)16(9)11-10(13)12(17-3)15-7-14-11/h7-9H,4-6,13H2,1-3H3. The van der Waals surface area contributed by atoms with E-state index in [-0.39, 0.29) is 0 Å². The molecule has 5 heteroatoms. The van der Waals surface area contributed by atoms with Crippen molar-refractivity contribution < 1.29 is 4.74 Å². The van der Waals surface area contributed by atoms with E-state index in [0.717, 1.165) is 12.2 Å². The van der Waals surface area contributed by atoms with Crippen LogP contribution in [-0.4, -0.2) is 29.2 Å². The molecule has 1 aromatic rings. The molecule has 2 unspecified atom stereocenters. The first-order valence-corrected chi connectivity index (χ1v) is 6.11. The summed E-state index contributed by atoms with van der Waals surface area (Å²) in [5.41, 5.74) is 6.60. The van der Waals surface area contributed by atoms with E-state index in [1.807, 2.05) is 0 Å². The second kappa shape index (κ2) is 4.77. The van der Waals surface area contributed by atoms with Crippen LogP contribution < -0.4 is 15.4 Å². The molecule has 1 aliphatic rings. The maximum Gasteiger partial charge on any atom is 0.242 e. The fourth-order valence-corrected chi connectivity index (χ4v) is 2.59. The SMILES string of the molecule is CCC1CCC(C)N1c1ncnc(OC)c1N. The van der Waals surface area contributed by atoms with Gasteiger partial charge < -0.3 is 15.4 Å². The lowest BCUT2D eigenvalue weighted by atomic mass is 10.1. The first-order chi connectivity index (χ1) is 8.19. The number of nitrogen functional groups attached to an aromatic ring is 1. The van der Waals surface area contributed by atoms with Gasteiger partial charge in [-0.25, -0.2) is 4.98 Å². The molecule has 1 aliphatic heterocycles. The van der Waals surface area contributed by atoms with E-state index in [0.29, 0.717) is 23.7 Å². The predicted octanol–water partition coefficient (Wildman–Crippen LogP) is 1.83. The molecule has 2 rings (SSSR count). The molecule has 2 atom stereocenters. The molecule has 1 aromatic heterocycles. The topological polar surface area (TPSA) is 64.3 Å². The second-order valence-corrected chi connectivity index (χ2v) is 4.52. The van der Waals surface area contributed by atoms with E-state index in [4.69, 9.17) is 10.5 Å². The van der Waals surface area contributed by atoms with Gasteiger partial charge in [0.15, 0.2) is 5.82 Å². The first-order valence-electron chi connectivity index (χ1n) is 6.11. The third-order valence-electron chi connectivity index (χ3n) is 3.52. The number of rotatable bonds is 3. The van der Waals surface area contributed by atoms with Gasteiger partial charge in [-0.3, -0.25) is 0 Å². The molecule has 0 amide bonds. The number of nitrogens with zero attached hydrogens (tertiary/aromatic N) is 3. The maximum absolute atomic E-state index is 6.06. The molecule has 5 nitrogen and oxygen atoms in total. The van der Waals surface area contributed by atoms with Gasteiger partial charge in [0.1, 0.15) is 12.0 Å². The molecule has 1 saturated heterocycles. The van der Waals surface area contributed by atoms with Crippen LogP contribution in [0.4, 0.5) is 11.5 Å². The third-order valence-corrected chi connectivity index (χ3v) is 3.52. The average molecular weight is 236 g/mol. The van der Waals surface area contributed by atoms with Crippen LogP contribution >= 0.6 is 0 Å². The van der Waals surface area contributed by atoms with Crippen LogP contribution in [0.15, 0.2) is 6.33 Å². The smallest absolute Gasteiger partial charge is 0.242 e. The molecule has 0 spiro atoms. The summed E-state index contributed by atoms with van der Waals surface area (Å²) >= 11 is 0. The fraction of sp³-hybridized carbons (Fsp3) is 0.667. The molecule has 0 bridgehead atoms. The van der Waals surface area contributed by atoms with Crippen molar-refractivity contribution in [1.29, 1.82) is 0 Å². The van der Waals surface area contributed by atoms with Crippen LogP contribution in [0.1, 0.15) is 33.1 Å². The minimum absolute atomic E-state index is 0.462. The van der Waals surface area contributed by atoms with E-state index in [9.17, 15) is 0 Å². The number of nitrogens with two attached hydrogens (primary N) is 1.